The Labute approximate surface area is 162 Å². The van der Waals surface area contributed by atoms with E-state index in [0.29, 0.717) is 11.0 Å². The van der Waals surface area contributed by atoms with Gasteiger partial charge in [0.15, 0.2) is 17.4 Å². The number of pyridine rings is 1. The molecule has 0 saturated heterocycles. The maximum absolute atomic E-state index is 14.6. The number of hydrogen-bond acceptors (Lipinski definition) is 4. The Hall–Kier alpha value is -3.62. The van der Waals surface area contributed by atoms with Crippen LogP contribution in [0.25, 0.3) is 22.4 Å². The molecule has 2 aromatic carbocycles. The third-order valence-electron chi connectivity index (χ3n) is 4.29. The minimum atomic E-state index is -4.46. The summed E-state index contributed by atoms with van der Waals surface area (Å²) in [6.45, 7) is 0. The first-order valence-electron chi connectivity index (χ1n) is 8.48. The van der Waals surface area contributed by atoms with E-state index in [2.05, 4.69) is 20.3 Å². The van der Waals surface area contributed by atoms with Crippen LogP contribution in [-0.2, 0) is 6.18 Å². The van der Waals surface area contributed by atoms with Crippen molar-refractivity contribution in [3.8, 4) is 17.1 Å². The number of aromatic amines is 1. The van der Waals surface area contributed by atoms with Crippen LogP contribution in [0.2, 0.25) is 0 Å². The molecule has 0 bridgehead atoms. The molecule has 0 amide bonds. The van der Waals surface area contributed by atoms with Crippen LogP contribution in [0.15, 0.2) is 54.7 Å². The minimum absolute atomic E-state index is 0.0726. The highest BCUT2D eigenvalue weighted by molar-refractivity contribution is 5.90. The lowest BCUT2D eigenvalue weighted by Crippen LogP contribution is -2.05. The van der Waals surface area contributed by atoms with E-state index in [1.807, 2.05) is 0 Å². The Morgan fingerprint density at radius 1 is 1.07 bits per heavy atom. The van der Waals surface area contributed by atoms with Crippen molar-refractivity contribution in [1.82, 2.24) is 15.0 Å². The van der Waals surface area contributed by atoms with E-state index in [-0.39, 0.29) is 28.6 Å². The molecule has 29 heavy (non-hydrogen) atoms. The number of imidazole rings is 1. The number of nitrogens with one attached hydrogen (secondary N) is 2. The normalized spacial score (nSPS) is 11.6. The van der Waals surface area contributed by atoms with Gasteiger partial charge >= 0.3 is 6.18 Å². The van der Waals surface area contributed by atoms with Crippen molar-refractivity contribution in [2.75, 3.05) is 12.4 Å². The second-order valence-electron chi connectivity index (χ2n) is 6.17. The Kier molecular flexibility index (Phi) is 4.57. The Balaban J connectivity index is 1.75. The monoisotopic (exact) mass is 402 g/mol. The van der Waals surface area contributed by atoms with E-state index in [4.69, 9.17) is 4.74 Å². The van der Waals surface area contributed by atoms with Crippen LogP contribution >= 0.6 is 0 Å². The number of nitrogens with zero attached hydrogens (tertiary/aromatic N) is 2. The van der Waals surface area contributed by atoms with Gasteiger partial charge in [0.05, 0.1) is 23.8 Å². The zero-order valence-electron chi connectivity index (χ0n) is 15.0. The molecule has 0 aliphatic heterocycles. The number of methoxy groups -OCH3 is 1. The molecule has 0 spiro atoms. The molecule has 4 aromatic rings. The number of fused-ring (bicyclic) bond motifs is 1. The summed E-state index contributed by atoms with van der Waals surface area (Å²) in [6.07, 6.45) is -2.98. The van der Waals surface area contributed by atoms with Crippen molar-refractivity contribution in [1.29, 1.82) is 0 Å². The zero-order valence-corrected chi connectivity index (χ0v) is 15.0. The quantitative estimate of drug-likeness (QED) is 0.440. The van der Waals surface area contributed by atoms with E-state index in [1.165, 1.54) is 31.5 Å². The summed E-state index contributed by atoms with van der Waals surface area (Å²) in [4.78, 5) is 11.6. The standard InChI is InChI=1S/C20H14F4N4O/c1-29-15-7-3-6-13(16(15)21)18-27-14-8-9-25-19(17(14)28-18)26-12-5-2-4-11(10-12)20(22,23)24/h2-10H,1H3,(H,25,26)(H,27,28). The van der Waals surface area contributed by atoms with Gasteiger partial charge in [0.25, 0.3) is 0 Å². The number of rotatable bonds is 4. The van der Waals surface area contributed by atoms with Crippen LogP contribution in [0.3, 0.4) is 0 Å². The van der Waals surface area contributed by atoms with E-state index in [0.717, 1.165) is 12.1 Å². The summed E-state index contributed by atoms with van der Waals surface area (Å²) in [5.74, 6) is -0.0121. The van der Waals surface area contributed by atoms with Crippen molar-refractivity contribution in [3.05, 3.63) is 66.1 Å². The largest absolute Gasteiger partial charge is 0.494 e. The second kappa shape index (κ2) is 7.08. The third-order valence-corrected chi connectivity index (χ3v) is 4.29. The van der Waals surface area contributed by atoms with Crippen LogP contribution in [0, 0.1) is 5.82 Å². The van der Waals surface area contributed by atoms with Gasteiger partial charge in [-0.05, 0) is 36.4 Å². The highest BCUT2D eigenvalue weighted by Gasteiger charge is 2.30. The zero-order chi connectivity index (χ0) is 20.6. The molecule has 2 heterocycles. The van der Waals surface area contributed by atoms with Gasteiger partial charge in [0.2, 0.25) is 0 Å². The highest BCUT2D eigenvalue weighted by Crippen LogP contribution is 2.33. The second-order valence-corrected chi connectivity index (χ2v) is 6.17. The summed E-state index contributed by atoms with van der Waals surface area (Å²) in [7, 11) is 1.36. The predicted molar refractivity (Wildman–Crippen MR) is 101 cm³/mol. The summed E-state index contributed by atoms with van der Waals surface area (Å²) < 4.78 is 58.4. The maximum Gasteiger partial charge on any atom is 0.416 e. The van der Waals surface area contributed by atoms with Gasteiger partial charge in [-0.1, -0.05) is 12.1 Å². The third kappa shape index (κ3) is 3.58. The molecule has 0 unspecified atom stereocenters. The molecule has 2 aromatic heterocycles. The number of alkyl halides is 3. The Bertz CT molecular complexity index is 1190. The van der Waals surface area contributed by atoms with Crippen molar-refractivity contribution < 1.29 is 22.3 Å². The van der Waals surface area contributed by atoms with E-state index >= 15 is 0 Å². The van der Waals surface area contributed by atoms with E-state index < -0.39 is 17.6 Å². The molecule has 4 rings (SSSR count). The molecule has 9 heteroatoms. The van der Waals surface area contributed by atoms with Gasteiger partial charge in [-0.2, -0.15) is 13.2 Å². The lowest BCUT2D eigenvalue weighted by atomic mass is 10.2. The van der Waals surface area contributed by atoms with Crippen molar-refractivity contribution >= 4 is 22.5 Å². The molecule has 0 atom stereocenters. The first kappa shape index (κ1) is 18.7. The molecular formula is C20H14F4N4O. The van der Waals surface area contributed by atoms with Crippen LogP contribution < -0.4 is 10.1 Å². The number of aromatic nitrogens is 3. The van der Waals surface area contributed by atoms with Crippen LogP contribution in [0.5, 0.6) is 5.75 Å². The SMILES string of the molecule is COc1cccc(-c2nc3c(Nc4cccc(C(F)(F)F)c4)nccc3[nH]2)c1F. The van der Waals surface area contributed by atoms with Gasteiger partial charge in [-0.3, -0.25) is 0 Å². The van der Waals surface area contributed by atoms with Gasteiger partial charge < -0.3 is 15.0 Å². The van der Waals surface area contributed by atoms with Gasteiger partial charge in [-0.25, -0.2) is 14.4 Å². The summed E-state index contributed by atoms with van der Waals surface area (Å²) in [6, 6.07) is 11.1. The lowest BCUT2D eigenvalue weighted by Gasteiger charge is -2.10. The van der Waals surface area contributed by atoms with Crippen LogP contribution in [0.4, 0.5) is 29.1 Å². The van der Waals surface area contributed by atoms with Crippen LogP contribution in [-0.4, -0.2) is 22.1 Å². The Morgan fingerprint density at radius 3 is 2.62 bits per heavy atom. The fraction of sp³-hybridized carbons (Fsp3) is 0.100. The van der Waals surface area contributed by atoms with Gasteiger partial charge in [0, 0.05) is 11.9 Å². The molecule has 2 N–H and O–H groups in total. The molecule has 0 radical (unpaired) electrons. The molecule has 148 valence electrons. The van der Waals surface area contributed by atoms with Crippen molar-refractivity contribution in [3.63, 3.8) is 0 Å². The smallest absolute Gasteiger partial charge is 0.416 e. The number of H-pyrrole nitrogens is 1. The molecule has 5 nitrogen and oxygen atoms in total. The number of hydrogen-bond donors (Lipinski definition) is 2. The number of anilines is 2. The average Bonchev–Trinajstić information content (AvgIpc) is 3.13. The fourth-order valence-corrected chi connectivity index (χ4v) is 2.92. The molecule has 0 aliphatic rings. The first-order valence-corrected chi connectivity index (χ1v) is 8.48. The molecule has 0 fully saturated rings. The summed E-state index contributed by atoms with van der Waals surface area (Å²) >= 11 is 0. The van der Waals surface area contributed by atoms with Gasteiger partial charge in [-0.15, -0.1) is 0 Å². The number of benzene rings is 2. The maximum atomic E-state index is 14.6. The molecule has 0 aliphatic carbocycles. The topological polar surface area (TPSA) is 62.8 Å². The molecular weight excluding hydrogens is 388 g/mol. The summed E-state index contributed by atoms with van der Waals surface area (Å²) in [5.41, 5.74) is 0.534. The Morgan fingerprint density at radius 2 is 1.86 bits per heavy atom. The first-order chi connectivity index (χ1) is 13.9. The highest BCUT2D eigenvalue weighted by atomic mass is 19.4. The van der Waals surface area contributed by atoms with Crippen molar-refractivity contribution in [2.45, 2.75) is 6.18 Å². The van der Waals surface area contributed by atoms with Crippen molar-refractivity contribution in [2.24, 2.45) is 0 Å². The summed E-state index contributed by atoms with van der Waals surface area (Å²) in [5, 5.41) is 2.85. The number of ether oxygens (including phenoxy) is 1. The average molecular weight is 402 g/mol. The molecule has 0 saturated carbocycles. The van der Waals surface area contributed by atoms with Gasteiger partial charge in [0.1, 0.15) is 11.3 Å². The van der Waals surface area contributed by atoms with E-state index in [9.17, 15) is 17.6 Å². The predicted octanol–water partition coefficient (Wildman–Crippen LogP) is 5.54. The fourth-order valence-electron chi connectivity index (χ4n) is 2.92. The van der Waals surface area contributed by atoms with Crippen LogP contribution in [0.1, 0.15) is 5.56 Å². The minimum Gasteiger partial charge on any atom is -0.494 e. The lowest BCUT2D eigenvalue weighted by molar-refractivity contribution is -0.137. The van der Waals surface area contributed by atoms with E-state index in [1.54, 1.807) is 18.2 Å². The number of halogens is 4.